The van der Waals surface area contributed by atoms with Crippen LogP contribution in [0.5, 0.6) is 0 Å². The second-order valence-electron chi connectivity index (χ2n) is 9.10. The van der Waals surface area contributed by atoms with Gasteiger partial charge in [-0.25, -0.2) is 15.0 Å². The van der Waals surface area contributed by atoms with Crippen LogP contribution in [-0.2, 0) is 4.79 Å². The molecule has 174 valence electrons. The second kappa shape index (κ2) is 9.23. The zero-order chi connectivity index (χ0) is 22.9. The topological polar surface area (TPSA) is 77.5 Å². The molecule has 33 heavy (non-hydrogen) atoms. The number of aryl methyl sites for hydroxylation is 2. The summed E-state index contributed by atoms with van der Waals surface area (Å²) in [6, 6.07) is 3.97. The lowest BCUT2D eigenvalue weighted by atomic mass is 9.95. The molecule has 0 saturated carbocycles. The summed E-state index contributed by atoms with van der Waals surface area (Å²) in [5, 5.41) is 4.19. The largest absolute Gasteiger partial charge is 0.368 e. The predicted molar refractivity (Wildman–Crippen MR) is 134 cm³/mol. The Labute approximate surface area is 198 Å². The van der Waals surface area contributed by atoms with Gasteiger partial charge < -0.3 is 20.0 Å². The van der Waals surface area contributed by atoms with Gasteiger partial charge in [0.2, 0.25) is 5.91 Å². The van der Waals surface area contributed by atoms with Gasteiger partial charge in [0.1, 0.15) is 22.8 Å². The first kappa shape index (κ1) is 22.0. The number of carbonyl (C=O) groups excluding carboxylic acids is 1. The van der Waals surface area contributed by atoms with Crippen molar-refractivity contribution in [2.24, 2.45) is 5.92 Å². The van der Waals surface area contributed by atoms with Crippen LogP contribution in [0.4, 0.5) is 17.3 Å². The van der Waals surface area contributed by atoms with Gasteiger partial charge in [-0.3, -0.25) is 4.79 Å². The van der Waals surface area contributed by atoms with E-state index in [4.69, 9.17) is 0 Å². The van der Waals surface area contributed by atoms with Crippen molar-refractivity contribution in [1.29, 1.82) is 0 Å². The fourth-order valence-corrected chi connectivity index (χ4v) is 5.69. The van der Waals surface area contributed by atoms with E-state index >= 15 is 0 Å². The first-order valence-corrected chi connectivity index (χ1v) is 12.5. The van der Waals surface area contributed by atoms with Gasteiger partial charge in [0.25, 0.3) is 0 Å². The molecule has 3 aromatic heterocycles. The lowest BCUT2D eigenvalue weighted by Gasteiger charge is -2.34. The van der Waals surface area contributed by atoms with Gasteiger partial charge in [-0.05, 0) is 51.4 Å². The smallest absolute Gasteiger partial charge is 0.228 e. The van der Waals surface area contributed by atoms with Crippen LogP contribution in [0.15, 0.2) is 24.7 Å². The highest BCUT2D eigenvalue weighted by Gasteiger charge is 2.27. The van der Waals surface area contributed by atoms with E-state index in [0.29, 0.717) is 5.82 Å². The van der Waals surface area contributed by atoms with E-state index in [1.807, 2.05) is 12.3 Å². The minimum atomic E-state index is -0.0111. The number of hydrogen-bond donors (Lipinski definition) is 1. The summed E-state index contributed by atoms with van der Waals surface area (Å²) in [6.45, 7) is 10.0. The number of nitrogens with one attached hydrogen (secondary N) is 1. The Morgan fingerprint density at radius 1 is 1.00 bits per heavy atom. The van der Waals surface area contributed by atoms with Crippen molar-refractivity contribution in [3.63, 3.8) is 0 Å². The highest BCUT2D eigenvalue weighted by atomic mass is 32.1. The molecular formula is C24H31N7OS. The summed E-state index contributed by atoms with van der Waals surface area (Å²) in [7, 11) is 2.15. The minimum Gasteiger partial charge on any atom is -0.368 e. The van der Waals surface area contributed by atoms with Gasteiger partial charge in [0.15, 0.2) is 0 Å². The number of nitrogens with zero attached hydrogens (tertiary/aromatic N) is 6. The van der Waals surface area contributed by atoms with Gasteiger partial charge in [0, 0.05) is 50.1 Å². The summed E-state index contributed by atoms with van der Waals surface area (Å²) in [5.74, 6) is 1.68. The SMILES string of the molecule is Cc1sc2ncnc(N3CCC(C(=O)Nc4ccc(N5CCN(C)CC5)cn4)CC3)c2c1C. The number of pyridine rings is 1. The van der Waals surface area contributed by atoms with E-state index in [2.05, 4.69) is 61.9 Å². The average Bonchev–Trinajstić information content (AvgIpc) is 3.14. The molecule has 2 aliphatic rings. The molecule has 0 unspecified atom stereocenters. The quantitative estimate of drug-likeness (QED) is 0.633. The van der Waals surface area contributed by atoms with Crippen LogP contribution >= 0.6 is 11.3 Å². The number of hydrogen-bond acceptors (Lipinski definition) is 8. The van der Waals surface area contributed by atoms with E-state index in [1.54, 1.807) is 17.7 Å². The minimum absolute atomic E-state index is 0.0111. The summed E-state index contributed by atoms with van der Waals surface area (Å²) >= 11 is 1.72. The Kier molecular flexibility index (Phi) is 6.16. The molecule has 0 bridgehead atoms. The van der Waals surface area contributed by atoms with Crippen LogP contribution in [-0.4, -0.2) is 72.1 Å². The first-order valence-electron chi connectivity index (χ1n) is 11.7. The maximum Gasteiger partial charge on any atom is 0.228 e. The molecule has 1 amide bonds. The Morgan fingerprint density at radius 2 is 1.76 bits per heavy atom. The Hall–Kier alpha value is -2.78. The van der Waals surface area contributed by atoms with E-state index < -0.39 is 0 Å². The Balaban J connectivity index is 1.18. The number of piperazine rings is 1. The molecule has 5 heterocycles. The van der Waals surface area contributed by atoms with Crippen LogP contribution in [0.2, 0.25) is 0 Å². The third-order valence-electron chi connectivity index (χ3n) is 6.98. The van der Waals surface area contributed by atoms with Gasteiger partial charge in [-0.2, -0.15) is 0 Å². The third-order valence-corrected chi connectivity index (χ3v) is 8.09. The van der Waals surface area contributed by atoms with E-state index in [9.17, 15) is 4.79 Å². The fraction of sp³-hybridized carbons (Fsp3) is 0.500. The Bertz CT molecular complexity index is 1130. The molecular weight excluding hydrogens is 434 g/mol. The molecule has 1 N–H and O–H groups in total. The van der Waals surface area contributed by atoms with Crippen LogP contribution in [0.1, 0.15) is 23.3 Å². The molecule has 5 rings (SSSR count). The van der Waals surface area contributed by atoms with Crippen molar-refractivity contribution in [3.8, 4) is 0 Å². The summed E-state index contributed by atoms with van der Waals surface area (Å²) < 4.78 is 0. The van der Waals surface area contributed by atoms with Crippen molar-refractivity contribution in [1.82, 2.24) is 19.9 Å². The number of aromatic nitrogens is 3. The monoisotopic (exact) mass is 465 g/mol. The molecule has 2 aliphatic heterocycles. The van der Waals surface area contributed by atoms with Gasteiger partial charge >= 0.3 is 0 Å². The Morgan fingerprint density at radius 3 is 2.45 bits per heavy atom. The zero-order valence-corrected chi connectivity index (χ0v) is 20.4. The lowest BCUT2D eigenvalue weighted by Crippen LogP contribution is -2.44. The highest BCUT2D eigenvalue weighted by Crippen LogP contribution is 2.35. The van der Waals surface area contributed by atoms with Crippen molar-refractivity contribution in [3.05, 3.63) is 35.1 Å². The molecule has 0 radical (unpaired) electrons. The third kappa shape index (κ3) is 4.52. The number of rotatable bonds is 4. The number of likely N-dealkylation sites (N-methyl/N-ethyl adjacent to an activating group) is 1. The highest BCUT2D eigenvalue weighted by molar-refractivity contribution is 7.18. The molecule has 0 aliphatic carbocycles. The fourth-order valence-electron chi connectivity index (χ4n) is 4.70. The van der Waals surface area contributed by atoms with Crippen molar-refractivity contribution < 1.29 is 4.79 Å². The van der Waals surface area contributed by atoms with Crippen LogP contribution < -0.4 is 15.1 Å². The van der Waals surface area contributed by atoms with Gasteiger partial charge in [-0.15, -0.1) is 11.3 Å². The molecule has 0 atom stereocenters. The normalized spacial score (nSPS) is 18.2. The number of piperidine rings is 1. The van der Waals surface area contributed by atoms with E-state index in [0.717, 1.165) is 73.8 Å². The number of anilines is 3. The average molecular weight is 466 g/mol. The van der Waals surface area contributed by atoms with Gasteiger partial charge in [0.05, 0.1) is 17.3 Å². The van der Waals surface area contributed by atoms with Crippen LogP contribution in [0.25, 0.3) is 10.2 Å². The van der Waals surface area contributed by atoms with E-state index in [1.165, 1.54) is 10.4 Å². The number of fused-ring (bicyclic) bond motifs is 1. The zero-order valence-electron chi connectivity index (χ0n) is 19.5. The van der Waals surface area contributed by atoms with Crippen LogP contribution in [0.3, 0.4) is 0 Å². The molecule has 9 heteroatoms. The summed E-state index contributed by atoms with van der Waals surface area (Å²) in [5.41, 5.74) is 2.38. The maximum absolute atomic E-state index is 12.9. The number of amides is 1. The summed E-state index contributed by atoms with van der Waals surface area (Å²) in [4.78, 5) is 35.8. The number of carbonyl (C=O) groups is 1. The number of thiophene rings is 1. The molecule has 8 nitrogen and oxygen atoms in total. The van der Waals surface area contributed by atoms with Crippen molar-refractivity contribution in [2.75, 3.05) is 61.4 Å². The lowest BCUT2D eigenvalue weighted by molar-refractivity contribution is -0.120. The summed E-state index contributed by atoms with van der Waals surface area (Å²) in [6.07, 6.45) is 5.14. The van der Waals surface area contributed by atoms with Gasteiger partial charge in [-0.1, -0.05) is 0 Å². The van der Waals surface area contributed by atoms with E-state index in [-0.39, 0.29) is 11.8 Å². The second-order valence-corrected chi connectivity index (χ2v) is 10.3. The first-order chi connectivity index (χ1) is 16.0. The molecule has 2 saturated heterocycles. The van der Waals surface area contributed by atoms with Crippen molar-refractivity contribution >= 4 is 44.8 Å². The standard InChI is InChI=1S/C24H31N7OS/c1-16-17(2)33-24-21(16)22(26-15-27-24)31-8-6-18(7-9-31)23(32)28-20-5-4-19(14-25-20)30-12-10-29(3)11-13-30/h4-5,14-15,18H,6-13H2,1-3H3,(H,25,28,32). The molecule has 2 fully saturated rings. The molecule has 0 aromatic carbocycles. The maximum atomic E-state index is 12.9. The van der Waals surface area contributed by atoms with Crippen molar-refractivity contribution in [2.45, 2.75) is 26.7 Å². The molecule has 0 spiro atoms. The predicted octanol–water partition coefficient (Wildman–Crippen LogP) is 3.31. The van der Waals surface area contributed by atoms with Crippen LogP contribution in [0, 0.1) is 19.8 Å². The molecule has 3 aromatic rings.